The van der Waals surface area contributed by atoms with Crippen molar-refractivity contribution in [3.63, 3.8) is 0 Å². The van der Waals surface area contributed by atoms with Crippen LogP contribution in [0, 0.1) is 11.8 Å². The van der Waals surface area contributed by atoms with Crippen molar-refractivity contribution in [1.82, 2.24) is 25.3 Å². The zero-order valence-corrected chi connectivity index (χ0v) is 19.3. The molecule has 4 amide bonds. The first-order chi connectivity index (χ1) is 16.9. The first-order valence-corrected chi connectivity index (χ1v) is 12.1. The normalized spacial score (nSPS) is 21.4. The summed E-state index contributed by atoms with van der Waals surface area (Å²) >= 11 is 0. The van der Waals surface area contributed by atoms with Crippen LogP contribution < -0.4 is 16.4 Å². The van der Waals surface area contributed by atoms with Gasteiger partial charge in [-0.1, -0.05) is 18.6 Å². The van der Waals surface area contributed by atoms with Crippen LogP contribution in [0.15, 0.2) is 35.1 Å². The summed E-state index contributed by atoms with van der Waals surface area (Å²) in [6.07, 6.45) is 8.47. The Kier molecular flexibility index (Phi) is 6.19. The number of benzene rings is 1. The Morgan fingerprint density at radius 1 is 0.971 bits per heavy atom. The molecule has 2 aliphatic heterocycles. The highest BCUT2D eigenvalue weighted by atomic mass is 16.2. The second-order valence-corrected chi connectivity index (χ2v) is 9.26. The molecule has 1 fully saturated rings. The van der Waals surface area contributed by atoms with E-state index in [0.29, 0.717) is 30.3 Å². The van der Waals surface area contributed by atoms with Crippen molar-refractivity contribution in [2.75, 3.05) is 6.54 Å². The number of carbonyl (C=O) groups excluding carboxylic acids is 4. The van der Waals surface area contributed by atoms with Crippen molar-refractivity contribution < 1.29 is 19.2 Å². The minimum atomic E-state index is -0.553. The lowest BCUT2D eigenvalue weighted by Gasteiger charge is -2.14. The van der Waals surface area contributed by atoms with Crippen LogP contribution in [0.2, 0.25) is 0 Å². The Morgan fingerprint density at radius 2 is 1.71 bits per heavy atom. The third-order valence-electron chi connectivity index (χ3n) is 7.06. The second kappa shape index (κ2) is 9.44. The molecule has 3 heterocycles. The first-order valence-electron chi connectivity index (χ1n) is 12.1. The molecule has 10 nitrogen and oxygen atoms in total. The fourth-order valence-corrected chi connectivity index (χ4v) is 5.12. The van der Waals surface area contributed by atoms with E-state index in [1.165, 1.54) is 6.07 Å². The summed E-state index contributed by atoms with van der Waals surface area (Å²) in [7, 11) is 0. The molecule has 2 unspecified atom stereocenters. The van der Waals surface area contributed by atoms with Crippen molar-refractivity contribution in [3.05, 3.63) is 52.1 Å². The molecule has 0 radical (unpaired) electrons. The van der Waals surface area contributed by atoms with Crippen molar-refractivity contribution in [2.45, 2.75) is 51.5 Å². The number of aromatic nitrogens is 2. The quantitative estimate of drug-likeness (QED) is 0.387. The molecule has 2 aromatic rings. The van der Waals surface area contributed by atoms with Crippen LogP contribution in [0.5, 0.6) is 0 Å². The molecule has 2 atom stereocenters. The minimum Gasteiger partial charge on any atom is -0.296 e. The van der Waals surface area contributed by atoms with Gasteiger partial charge in [-0.05, 0) is 43.9 Å². The van der Waals surface area contributed by atoms with Crippen LogP contribution in [0.1, 0.15) is 54.7 Å². The van der Waals surface area contributed by atoms with E-state index in [-0.39, 0.29) is 47.7 Å². The Bertz CT molecular complexity index is 1290. The van der Waals surface area contributed by atoms with Crippen molar-refractivity contribution in [3.8, 4) is 0 Å². The highest BCUT2D eigenvalue weighted by Crippen LogP contribution is 2.34. The number of imide groups is 1. The summed E-state index contributed by atoms with van der Waals surface area (Å²) in [4.78, 5) is 68.5. The Balaban J connectivity index is 1.19. The highest BCUT2D eigenvalue weighted by molar-refractivity contribution is 6.05. The third-order valence-corrected chi connectivity index (χ3v) is 7.06. The molecule has 0 bridgehead atoms. The van der Waals surface area contributed by atoms with E-state index < -0.39 is 11.8 Å². The Hall–Kier alpha value is -3.82. The van der Waals surface area contributed by atoms with Gasteiger partial charge in [-0.2, -0.15) is 0 Å². The molecule has 2 N–H and O–H groups in total. The van der Waals surface area contributed by atoms with Gasteiger partial charge in [0.25, 0.3) is 11.5 Å². The average molecular weight is 478 g/mol. The van der Waals surface area contributed by atoms with Gasteiger partial charge in [-0.25, -0.2) is 4.98 Å². The maximum atomic E-state index is 12.8. The Labute approximate surface area is 201 Å². The second-order valence-electron chi connectivity index (χ2n) is 9.26. The maximum Gasteiger partial charge on any atom is 0.269 e. The first kappa shape index (κ1) is 22.9. The van der Waals surface area contributed by atoms with E-state index in [1.54, 1.807) is 16.7 Å². The molecule has 1 aliphatic carbocycles. The van der Waals surface area contributed by atoms with Crippen LogP contribution in [0.25, 0.3) is 10.9 Å². The number of hydrogen-bond donors (Lipinski definition) is 2. The van der Waals surface area contributed by atoms with Crippen LogP contribution >= 0.6 is 0 Å². The number of hydrazine groups is 1. The minimum absolute atomic E-state index is 0.0265. The number of nitrogens with one attached hydrogen (secondary N) is 2. The van der Waals surface area contributed by atoms with Gasteiger partial charge < -0.3 is 0 Å². The zero-order valence-electron chi connectivity index (χ0n) is 19.3. The van der Waals surface area contributed by atoms with E-state index in [9.17, 15) is 24.0 Å². The summed E-state index contributed by atoms with van der Waals surface area (Å²) in [5, 5.41) is 0.451. The molecule has 35 heavy (non-hydrogen) atoms. The Morgan fingerprint density at radius 3 is 2.46 bits per heavy atom. The molecule has 1 aromatic carbocycles. The smallest absolute Gasteiger partial charge is 0.269 e. The van der Waals surface area contributed by atoms with Crippen molar-refractivity contribution in [1.29, 1.82) is 0 Å². The molecule has 0 saturated carbocycles. The highest BCUT2D eigenvalue weighted by Gasteiger charge is 2.46. The number of likely N-dealkylation sites (tertiary alicyclic amines) is 1. The molecule has 182 valence electrons. The standard InChI is InChI=1S/C25H27N5O5/c31-21(11-13-30-23(33)16-6-3-4-7-17(16)24(30)34)27-28-22(32)15-9-10-18-19(14-15)26-20-8-2-1-5-12-29(20)25(18)35/h3-4,9-10,14,16-17H,1-2,5-8,11-13H2,(H,27,31)(H,28,32). The third kappa shape index (κ3) is 4.36. The number of carbonyl (C=O) groups is 4. The van der Waals surface area contributed by atoms with E-state index in [0.717, 1.165) is 36.4 Å². The van der Waals surface area contributed by atoms with Gasteiger partial charge in [-0.3, -0.25) is 44.3 Å². The maximum absolute atomic E-state index is 12.8. The lowest BCUT2D eigenvalue weighted by atomic mass is 9.85. The van der Waals surface area contributed by atoms with Crippen molar-refractivity contribution >= 4 is 34.5 Å². The molecule has 5 rings (SSSR count). The van der Waals surface area contributed by atoms with Crippen LogP contribution in [-0.4, -0.2) is 44.6 Å². The topological polar surface area (TPSA) is 130 Å². The summed E-state index contributed by atoms with van der Waals surface area (Å²) in [5.41, 5.74) is 5.28. The molecule has 1 saturated heterocycles. The van der Waals surface area contributed by atoms with Crippen LogP contribution in [-0.2, 0) is 27.3 Å². The van der Waals surface area contributed by atoms with Gasteiger partial charge in [0.2, 0.25) is 17.7 Å². The summed E-state index contributed by atoms with van der Waals surface area (Å²) in [6, 6.07) is 4.65. The number of fused-ring (bicyclic) bond motifs is 3. The lowest BCUT2D eigenvalue weighted by molar-refractivity contribution is -0.140. The van der Waals surface area contributed by atoms with Gasteiger partial charge in [0, 0.05) is 31.5 Å². The van der Waals surface area contributed by atoms with Gasteiger partial charge in [0.1, 0.15) is 5.82 Å². The van der Waals surface area contributed by atoms with E-state index in [4.69, 9.17) is 0 Å². The molecular weight excluding hydrogens is 450 g/mol. The number of rotatable bonds is 4. The fourth-order valence-electron chi connectivity index (χ4n) is 5.12. The monoisotopic (exact) mass is 477 g/mol. The van der Waals surface area contributed by atoms with Gasteiger partial charge in [0.05, 0.1) is 22.7 Å². The summed E-state index contributed by atoms with van der Waals surface area (Å²) in [6.45, 7) is 0.625. The number of allylic oxidation sites excluding steroid dienone is 2. The SMILES string of the molecule is O=C(CCN1C(=O)C2CC=CCC2C1=O)NNC(=O)c1ccc2c(=O)n3c(nc2c1)CCCCC3. The predicted octanol–water partition coefficient (Wildman–Crippen LogP) is 1.23. The van der Waals surface area contributed by atoms with Gasteiger partial charge >= 0.3 is 0 Å². The number of amides is 4. The van der Waals surface area contributed by atoms with E-state index in [1.807, 2.05) is 12.2 Å². The average Bonchev–Trinajstić information content (AvgIpc) is 3.00. The summed E-state index contributed by atoms with van der Waals surface area (Å²) in [5.74, 6) is -1.48. The molecule has 0 spiro atoms. The lowest BCUT2D eigenvalue weighted by Crippen LogP contribution is -2.43. The number of nitrogens with zero attached hydrogens (tertiary/aromatic N) is 3. The number of hydrogen-bond acceptors (Lipinski definition) is 6. The molecule has 1 aromatic heterocycles. The number of aryl methyl sites for hydroxylation is 1. The molecule has 3 aliphatic rings. The van der Waals surface area contributed by atoms with E-state index in [2.05, 4.69) is 15.8 Å². The van der Waals surface area contributed by atoms with Crippen LogP contribution in [0.4, 0.5) is 0 Å². The predicted molar refractivity (Wildman–Crippen MR) is 126 cm³/mol. The van der Waals surface area contributed by atoms with E-state index >= 15 is 0 Å². The van der Waals surface area contributed by atoms with Crippen LogP contribution in [0.3, 0.4) is 0 Å². The molecular formula is C25H27N5O5. The largest absolute Gasteiger partial charge is 0.296 e. The zero-order chi connectivity index (χ0) is 24.5. The molecule has 10 heteroatoms. The van der Waals surface area contributed by atoms with Gasteiger partial charge in [-0.15, -0.1) is 0 Å². The summed E-state index contributed by atoms with van der Waals surface area (Å²) < 4.78 is 1.72. The fraction of sp³-hybridized carbons (Fsp3) is 0.440. The van der Waals surface area contributed by atoms with Gasteiger partial charge in [0.15, 0.2) is 0 Å². The van der Waals surface area contributed by atoms with Crippen molar-refractivity contribution in [2.24, 2.45) is 11.8 Å².